The molecule has 5 rings (SSSR count). The summed E-state index contributed by atoms with van der Waals surface area (Å²) in [4.78, 5) is 31.6. The van der Waals surface area contributed by atoms with Crippen molar-refractivity contribution in [2.75, 3.05) is 31.1 Å². The van der Waals surface area contributed by atoms with Crippen LogP contribution in [0.3, 0.4) is 0 Å². The highest BCUT2D eigenvalue weighted by molar-refractivity contribution is 6.06. The van der Waals surface area contributed by atoms with Gasteiger partial charge in [0.25, 0.3) is 11.6 Å². The molecule has 0 unspecified atom stereocenters. The Labute approximate surface area is 194 Å². The largest absolute Gasteiger partial charge is 0.353 e. The number of aryl methyl sites for hydroxylation is 2. The maximum absolute atomic E-state index is 13.8. The van der Waals surface area contributed by atoms with E-state index in [4.69, 9.17) is 9.51 Å². The number of hydrogen-bond donors (Lipinski definition) is 0. The number of fused-ring (bicyclic) bond motifs is 1. The van der Waals surface area contributed by atoms with Gasteiger partial charge in [0.05, 0.1) is 16.6 Å². The predicted molar refractivity (Wildman–Crippen MR) is 127 cm³/mol. The van der Waals surface area contributed by atoms with Crippen LogP contribution in [0, 0.1) is 19.3 Å². The van der Waals surface area contributed by atoms with Gasteiger partial charge < -0.3 is 14.3 Å². The van der Waals surface area contributed by atoms with Crippen molar-refractivity contribution >= 4 is 22.8 Å². The molecule has 1 amide bonds. The second kappa shape index (κ2) is 8.08. The monoisotopic (exact) mass is 448 g/mol. The third kappa shape index (κ3) is 4.56. The lowest BCUT2D eigenvalue weighted by Crippen LogP contribution is -2.49. The van der Waals surface area contributed by atoms with Gasteiger partial charge in [-0.15, -0.1) is 0 Å². The Hall–Kier alpha value is -3.03. The first kappa shape index (κ1) is 21.8. The zero-order valence-electron chi connectivity index (χ0n) is 20.2. The van der Waals surface area contributed by atoms with Crippen molar-refractivity contribution in [1.29, 1.82) is 0 Å². The molecule has 3 aromatic heterocycles. The smallest absolute Gasteiger partial charge is 0.259 e. The van der Waals surface area contributed by atoms with Gasteiger partial charge in [0.2, 0.25) is 0 Å². The lowest BCUT2D eigenvalue weighted by molar-refractivity contribution is 0.0748. The number of nitrogens with zero attached hydrogens (tertiary/aromatic N) is 6. The molecule has 8 nitrogen and oxygen atoms in total. The maximum atomic E-state index is 13.8. The van der Waals surface area contributed by atoms with Crippen molar-refractivity contribution in [3.63, 3.8) is 0 Å². The molecular formula is C25H32N6O2. The van der Waals surface area contributed by atoms with Crippen LogP contribution in [0.5, 0.6) is 0 Å². The Morgan fingerprint density at radius 2 is 1.79 bits per heavy atom. The Morgan fingerprint density at radius 3 is 2.42 bits per heavy atom. The first-order valence-corrected chi connectivity index (χ1v) is 11.8. The van der Waals surface area contributed by atoms with Gasteiger partial charge >= 0.3 is 0 Å². The second-order valence-electron chi connectivity index (χ2n) is 10.6. The fraction of sp³-hybridized carbons (Fsp3) is 0.560. The lowest BCUT2D eigenvalue weighted by atomic mass is 9.89. The zero-order chi connectivity index (χ0) is 23.3. The minimum absolute atomic E-state index is 0.0265. The van der Waals surface area contributed by atoms with E-state index in [0.29, 0.717) is 30.3 Å². The summed E-state index contributed by atoms with van der Waals surface area (Å²) in [7, 11) is 0. The molecule has 0 aromatic carbocycles. The van der Waals surface area contributed by atoms with Crippen molar-refractivity contribution in [2.24, 2.45) is 5.41 Å². The molecule has 174 valence electrons. The molecule has 0 bridgehead atoms. The van der Waals surface area contributed by atoms with Crippen LogP contribution < -0.4 is 4.90 Å². The number of rotatable bonds is 4. The van der Waals surface area contributed by atoms with Crippen molar-refractivity contribution < 1.29 is 9.32 Å². The number of hydrogen-bond acceptors (Lipinski definition) is 7. The molecule has 0 spiro atoms. The van der Waals surface area contributed by atoms with Crippen molar-refractivity contribution in [3.05, 3.63) is 40.6 Å². The predicted octanol–water partition coefficient (Wildman–Crippen LogP) is 4.06. The standard InChI is InChI=1S/C25H32N6O2/c1-15-12-21(27-16(2)26-15)30-8-10-31(11-9-30)24(32)18-13-19(17-6-7-17)28-23-22(18)20(29-33-23)14-25(3,4)5/h12-13,17H,6-11,14H2,1-5H3. The Kier molecular flexibility index (Phi) is 5.34. The van der Waals surface area contributed by atoms with E-state index in [1.807, 2.05) is 30.9 Å². The third-order valence-electron chi connectivity index (χ3n) is 6.30. The molecule has 1 aliphatic carbocycles. The zero-order valence-corrected chi connectivity index (χ0v) is 20.2. The molecule has 2 fully saturated rings. The van der Waals surface area contributed by atoms with Gasteiger partial charge in [-0.3, -0.25) is 4.79 Å². The van der Waals surface area contributed by atoms with Crippen molar-refractivity contribution in [3.8, 4) is 0 Å². The van der Waals surface area contributed by atoms with Crippen molar-refractivity contribution in [1.82, 2.24) is 25.0 Å². The van der Waals surface area contributed by atoms with Crippen LogP contribution in [0.1, 0.15) is 72.8 Å². The average Bonchev–Trinajstić information content (AvgIpc) is 3.53. The summed E-state index contributed by atoms with van der Waals surface area (Å²) in [6, 6.07) is 4.00. The van der Waals surface area contributed by atoms with Gasteiger partial charge in [0, 0.05) is 49.6 Å². The van der Waals surface area contributed by atoms with Gasteiger partial charge in [-0.1, -0.05) is 25.9 Å². The first-order valence-electron chi connectivity index (χ1n) is 11.8. The number of aromatic nitrogens is 4. The van der Waals surface area contributed by atoms with Gasteiger partial charge in [-0.2, -0.15) is 0 Å². The van der Waals surface area contributed by atoms with E-state index >= 15 is 0 Å². The molecule has 33 heavy (non-hydrogen) atoms. The second-order valence-corrected chi connectivity index (χ2v) is 10.6. The van der Waals surface area contributed by atoms with E-state index in [1.165, 1.54) is 0 Å². The SMILES string of the molecule is Cc1cc(N2CCN(C(=O)c3cc(C4CC4)nc4onc(CC(C)(C)C)c34)CC2)nc(C)n1. The molecule has 4 heterocycles. The minimum Gasteiger partial charge on any atom is -0.353 e. The lowest BCUT2D eigenvalue weighted by Gasteiger charge is -2.35. The first-order chi connectivity index (χ1) is 15.7. The molecule has 1 aliphatic heterocycles. The molecule has 3 aromatic rings. The summed E-state index contributed by atoms with van der Waals surface area (Å²) in [6.45, 7) is 13.2. The molecule has 1 saturated heterocycles. The van der Waals surface area contributed by atoms with E-state index < -0.39 is 0 Å². The van der Waals surface area contributed by atoms with Crippen LogP contribution in [0.2, 0.25) is 0 Å². The Bertz CT molecular complexity index is 1180. The summed E-state index contributed by atoms with van der Waals surface area (Å²) in [5.41, 5.74) is 3.94. The average molecular weight is 449 g/mol. The molecule has 8 heteroatoms. The van der Waals surface area contributed by atoms with Gasteiger partial charge in [0.15, 0.2) is 0 Å². The van der Waals surface area contributed by atoms with E-state index in [1.54, 1.807) is 0 Å². The summed E-state index contributed by atoms with van der Waals surface area (Å²) in [6.07, 6.45) is 2.96. The van der Waals surface area contributed by atoms with Gasteiger partial charge in [0.1, 0.15) is 11.6 Å². The number of piperazine rings is 1. The topological polar surface area (TPSA) is 88.2 Å². The quantitative estimate of drug-likeness (QED) is 0.595. The van der Waals surface area contributed by atoms with E-state index in [0.717, 1.165) is 66.5 Å². The van der Waals surface area contributed by atoms with Crippen LogP contribution in [0.15, 0.2) is 16.7 Å². The number of pyridine rings is 1. The van der Waals surface area contributed by atoms with Crippen LogP contribution in [-0.4, -0.2) is 57.1 Å². The van der Waals surface area contributed by atoms with Crippen molar-refractivity contribution in [2.45, 2.75) is 59.8 Å². The van der Waals surface area contributed by atoms with Crippen LogP contribution in [0.4, 0.5) is 5.82 Å². The Balaban J connectivity index is 1.42. The molecule has 0 atom stereocenters. The number of amides is 1. The van der Waals surface area contributed by atoms with Crippen LogP contribution in [0.25, 0.3) is 11.1 Å². The third-order valence-corrected chi connectivity index (χ3v) is 6.30. The molecular weight excluding hydrogens is 416 g/mol. The number of carbonyl (C=O) groups excluding carboxylic acids is 1. The summed E-state index contributed by atoms with van der Waals surface area (Å²) in [5.74, 6) is 2.17. The Morgan fingerprint density at radius 1 is 1.06 bits per heavy atom. The number of anilines is 1. The van der Waals surface area contributed by atoms with E-state index in [2.05, 4.69) is 40.8 Å². The van der Waals surface area contributed by atoms with Gasteiger partial charge in [-0.05, 0) is 44.6 Å². The summed E-state index contributed by atoms with van der Waals surface area (Å²) < 4.78 is 5.63. The fourth-order valence-corrected chi connectivity index (χ4v) is 4.58. The summed E-state index contributed by atoms with van der Waals surface area (Å²) >= 11 is 0. The minimum atomic E-state index is 0.0265. The fourth-order valence-electron chi connectivity index (χ4n) is 4.58. The molecule has 1 saturated carbocycles. The molecule has 2 aliphatic rings. The molecule has 0 radical (unpaired) electrons. The molecule has 0 N–H and O–H groups in total. The highest BCUT2D eigenvalue weighted by Gasteiger charge is 2.32. The number of carbonyl (C=O) groups is 1. The highest BCUT2D eigenvalue weighted by atomic mass is 16.5. The van der Waals surface area contributed by atoms with E-state index in [-0.39, 0.29) is 11.3 Å². The van der Waals surface area contributed by atoms with Crippen LogP contribution in [-0.2, 0) is 6.42 Å². The van der Waals surface area contributed by atoms with E-state index in [9.17, 15) is 4.79 Å². The van der Waals surface area contributed by atoms with Crippen LogP contribution >= 0.6 is 0 Å². The van der Waals surface area contributed by atoms with Gasteiger partial charge in [-0.25, -0.2) is 15.0 Å². The maximum Gasteiger partial charge on any atom is 0.259 e. The highest BCUT2D eigenvalue weighted by Crippen LogP contribution is 2.41. The normalized spacial score (nSPS) is 17.1. The summed E-state index contributed by atoms with van der Waals surface area (Å²) in [5, 5.41) is 5.11.